The van der Waals surface area contributed by atoms with Crippen LogP contribution in [0.2, 0.25) is 0 Å². The van der Waals surface area contributed by atoms with E-state index in [-0.39, 0.29) is 11.0 Å². The molecule has 0 atom stereocenters. The molecule has 10 nitrogen and oxygen atoms in total. The van der Waals surface area contributed by atoms with Crippen molar-refractivity contribution in [2.24, 2.45) is 18.9 Å². The number of nitrogens with zero attached hydrogens (tertiary/aromatic N) is 6. The average Bonchev–Trinajstić information content (AvgIpc) is 3.30. The second-order valence-electron chi connectivity index (χ2n) is 13.0. The van der Waals surface area contributed by atoms with Gasteiger partial charge in [0, 0.05) is 39.2 Å². The number of piperidine rings is 1. The van der Waals surface area contributed by atoms with Crippen LogP contribution in [0.25, 0.3) is 11.0 Å². The molecule has 10 heteroatoms. The van der Waals surface area contributed by atoms with Gasteiger partial charge in [0.15, 0.2) is 5.52 Å². The van der Waals surface area contributed by atoms with E-state index in [1.807, 2.05) is 18.9 Å². The molecule has 0 amide bonds. The molecule has 1 saturated carbocycles. The molecule has 0 unspecified atom stereocenters. The van der Waals surface area contributed by atoms with Crippen molar-refractivity contribution in [3.63, 3.8) is 0 Å². The minimum absolute atomic E-state index is 0.0810. The number of nitrogens with one attached hydrogen (secondary N) is 1. The maximum Gasteiger partial charge on any atom is 0.278 e. The van der Waals surface area contributed by atoms with Gasteiger partial charge in [0.2, 0.25) is 5.95 Å². The first-order valence-corrected chi connectivity index (χ1v) is 15.6. The molecule has 1 aliphatic heterocycles. The molecule has 0 spiro atoms. The molecule has 0 aromatic carbocycles. The molecule has 0 radical (unpaired) electrons. The lowest BCUT2D eigenvalue weighted by Crippen LogP contribution is -2.40. The van der Waals surface area contributed by atoms with Gasteiger partial charge < -0.3 is 19.3 Å². The van der Waals surface area contributed by atoms with Gasteiger partial charge in [0.1, 0.15) is 11.8 Å². The van der Waals surface area contributed by atoms with Gasteiger partial charge in [-0.25, -0.2) is 4.98 Å². The number of carbonyl (C=O) groups is 1. The monoisotopic (exact) mass is 573 g/mol. The van der Waals surface area contributed by atoms with Crippen LogP contribution >= 0.6 is 0 Å². The lowest BCUT2D eigenvalue weighted by molar-refractivity contribution is -0.108. The fraction of sp³-hybridized carbons (Fsp3) is 0.806. The van der Waals surface area contributed by atoms with Crippen molar-refractivity contribution in [2.75, 3.05) is 71.5 Å². The number of likely N-dealkylation sites (tertiary alicyclic amines) is 1. The van der Waals surface area contributed by atoms with Crippen LogP contribution < -0.4 is 10.5 Å². The minimum atomic E-state index is -0.167. The van der Waals surface area contributed by atoms with Crippen LogP contribution in [0.5, 0.6) is 0 Å². The Hall–Kier alpha value is -2.30. The van der Waals surface area contributed by atoms with Crippen LogP contribution in [-0.2, 0) is 22.0 Å². The number of fused-ring (bicyclic) bond motifs is 1. The fourth-order valence-corrected chi connectivity index (χ4v) is 6.01. The number of anilines is 1. The third kappa shape index (κ3) is 9.61. The van der Waals surface area contributed by atoms with Gasteiger partial charge in [-0.15, -0.1) is 0 Å². The van der Waals surface area contributed by atoms with Gasteiger partial charge in [0.25, 0.3) is 5.56 Å². The van der Waals surface area contributed by atoms with Gasteiger partial charge in [-0.2, -0.15) is 5.10 Å². The van der Waals surface area contributed by atoms with E-state index in [9.17, 15) is 9.59 Å². The number of H-pyrrole nitrogens is 1. The lowest BCUT2D eigenvalue weighted by Gasteiger charge is -2.35. The molecule has 4 rings (SSSR count). The summed E-state index contributed by atoms with van der Waals surface area (Å²) in [7, 11) is 5.71. The van der Waals surface area contributed by atoms with Gasteiger partial charge in [-0.3, -0.25) is 19.4 Å². The van der Waals surface area contributed by atoms with E-state index >= 15 is 0 Å². The summed E-state index contributed by atoms with van der Waals surface area (Å²) in [5, 5.41) is 4.67. The topological polar surface area (TPSA) is 99.6 Å². The molecule has 232 valence electrons. The zero-order valence-electron chi connectivity index (χ0n) is 26.7. The van der Waals surface area contributed by atoms with Gasteiger partial charge in [0.05, 0.1) is 18.8 Å². The number of hydrogen-bond acceptors (Lipinski definition) is 8. The number of ether oxygens (including phenoxy) is 1. The molecule has 0 bridgehead atoms. The smallest absolute Gasteiger partial charge is 0.278 e. The Balaban J connectivity index is 0.000000397. The van der Waals surface area contributed by atoms with E-state index in [2.05, 4.69) is 47.7 Å². The Morgan fingerprint density at radius 3 is 2.24 bits per heavy atom. The highest BCUT2D eigenvalue weighted by Crippen LogP contribution is 2.30. The van der Waals surface area contributed by atoms with E-state index in [0.717, 1.165) is 62.7 Å². The van der Waals surface area contributed by atoms with E-state index in [4.69, 9.17) is 9.72 Å². The van der Waals surface area contributed by atoms with Gasteiger partial charge in [-0.05, 0) is 64.2 Å². The van der Waals surface area contributed by atoms with Crippen molar-refractivity contribution in [1.82, 2.24) is 29.5 Å². The number of methoxy groups -OCH3 is 1. The standard InChI is InChI=1S/C24H40N6O.C7H15NO2/c1-24(2,3)21-19-20(29(5)27-21)22(31)26-23(25-19)30(15-17-9-7-6-8-10-17)16-18-11-13-28(4)14-12-18;1-3-8(4-6-9)5-7-10-2/h17-18H,6-16H2,1-5H3,(H,25,26,31);6H,3-5,7H2,1-2H3. The van der Waals surface area contributed by atoms with Crippen LogP contribution in [0.1, 0.15) is 78.3 Å². The summed E-state index contributed by atoms with van der Waals surface area (Å²) in [4.78, 5) is 38.2. The largest absolute Gasteiger partial charge is 0.383 e. The highest BCUT2D eigenvalue weighted by Gasteiger charge is 2.28. The number of aryl methyl sites for hydroxylation is 1. The van der Waals surface area contributed by atoms with E-state index in [1.165, 1.54) is 44.9 Å². The number of aldehydes is 1. The summed E-state index contributed by atoms with van der Waals surface area (Å²) in [5.74, 6) is 2.08. The number of hydrogen-bond donors (Lipinski definition) is 1. The minimum Gasteiger partial charge on any atom is -0.383 e. The first-order valence-electron chi connectivity index (χ1n) is 15.6. The Labute approximate surface area is 246 Å². The number of rotatable bonds is 11. The predicted octanol–water partition coefficient (Wildman–Crippen LogP) is 3.84. The molecule has 2 aliphatic rings. The number of likely N-dealkylation sites (N-methyl/N-ethyl adjacent to an activating group) is 1. The molecular formula is C31H55N7O3. The number of carbonyl (C=O) groups excluding carboxylic acids is 1. The quantitative estimate of drug-likeness (QED) is 0.405. The van der Waals surface area contributed by atoms with Crippen molar-refractivity contribution in [3.05, 3.63) is 16.0 Å². The van der Waals surface area contributed by atoms with Crippen molar-refractivity contribution in [2.45, 2.75) is 78.1 Å². The van der Waals surface area contributed by atoms with Crippen molar-refractivity contribution < 1.29 is 9.53 Å². The zero-order chi connectivity index (χ0) is 30.0. The second kappa shape index (κ2) is 15.8. The summed E-state index contributed by atoms with van der Waals surface area (Å²) in [6, 6.07) is 0. The molecule has 3 heterocycles. The Kier molecular flexibility index (Phi) is 12.8. The first-order chi connectivity index (χ1) is 19.6. The lowest BCUT2D eigenvalue weighted by atomic mass is 9.88. The predicted molar refractivity (Wildman–Crippen MR) is 167 cm³/mol. The second-order valence-corrected chi connectivity index (χ2v) is 13.0. The van der Waals surface area contributed by atoms with Crippen molar-refractivity contribution >= 4 is 23.3 Å². The highest BCUT2D eigenvalue weighted by atomic mass is 16.5. The molecule has 1 N–H and O–H groups in total. The molecule has 1 saturated heterocycles. The molecular weight excluding hydrogens is 518 g/mol. The molecule has 2 aromatic rings. The van der Waals surface area contributed by atoms with Crippen LogP contribution in [0.4, 0.5) is 5.95 Å². The van der Waals surface area contributed by atoms with Crippen LogP contribution in [0.3, 0.4) is 0 Å². The van der Waals surface area contributed by atoms with Crippen molar-refractivity contribution in [1.29, 1.82) is 0 Å². The summed E-state index contributed by atoms with van der Waals surface area (Å²) in [5.41, 5.74) is 1.98. The van der Waals surface area contributed by atoms with E-state index in [1.54, 1.807) is 11.8 Å². The maximum absolute atomic E-state index is 13.1. The normalized spacial score (nSPS) is 17.6. The fourth-order valence-electron chi connectivity index (χ4n) is 6.01. The third-order valence-electron chi connectivity index (χ3n) is 8.60. The van der Waals surface area contributed by atoms with E-state index in [0.29, 0.717) is 30.5 Å². The molecule has 41 heavy (non-hydrogen) atoms. The van der Waals surface area contributed by atoms with Crippen LogP contribution in [0, 0.1) is 11.8 Å². The zero-order valence-corrected chi connectivity index (χ0v) is 26.7. The first kappa shape index (κ1) is 33.2. The summed E-state index contributed by atoms with van der Waals surface area (Å²) < 4.78 is 6.55. The Morgan fingerprint density at radius 2 is 1.68 bits per heavy atom. The Morgan fingerprint density at radius 1 is 1.05 bits per heavy atom. The van der Waals surface area contributed by atoms with Gasteiger partial charge >= 0.3 is 0 Å². The van der Waals surface area contributed by atoms with Crippen LogP contribution in [0.15, 0.2) is 4.79 Å². The van der Waals surface area contributed by atoms with Gasteiger partial charge in [-0.1, -0.05) is 47.0 Å². The number of aromatic amines is 1. The maximum atomic E-state index is 13.1. The summed E-state index contributed by atoms with van der Waals surface area (Å²) >= 11 is 0. The summed E-state index contributed by atoms with van der Waals surface area (Å²) in [6.07, 6.45) is 9.93. The third-order valence-corrected chi connectivity index (χ3v) is 8.60. The summed E-state index contributed by atoms with van der Waals surface area (Å²) in [6.45, 7) is 15.7. The number of aromatic nitrogens is 4. The highest BCUT2D eigenvalue weighted by molar-refractivity contribution is 5.78. The van der Waals surface area contributed by atoms with E-state index < -0.39 is 0 Å². The van der Waals surface area contributed by atoms with Crippen LogP contribution in [-0.4, -0.2) is 102 Å². The SMILES string of the molecule is CCN(CC=O)CCOC.CN1CCC(CN(CC2CCCCC2)c2nc3c(C(C)(C)C)nn(C)c3c(=O)[nH]2)CC1. The molecule has 2 aromatic heterocycles. The molecule has 1 aliphatic carbocycles. The van der Waals surface area contributed by atoms with Crippen molar-refractivity contribution in [3.8, 4) is 0 Å². The average molecular weight is 574 g/mol. The molecule has 2 fully saturated rings. The Bertz CT molecular complexity index is 1130.